The van der Waals surface area contributed by atoms with Gasteiger partial charge in [0.1, 0.15) is 5.75 Å². The van der Waals surface area contributed by atoms with Crippen LogP contribution < -0.4 is 15.4 Å². The lowest BCUT2D eigenvalue weighted by Crippen LogP contribution is -2.41. The number of benzene rings is 2. The van der Waals surface area contributed by atoms with Crippen LogP contribution in [0.5, 0.6) is 5.75 Å². The number of hydrogen-bond donors (Lipinski definition) is 2. The molecule has 31 heavy (non-hydrogen) atoms. The molecule has 2 aromatic rings. The Labute approximate surface area is 182 Å². The van der Waals surface area contributed by atoms with Gasteiger partial charge in [0.05, 0.1) is 7.11 Å². The van der Waals surface area contributed by atoms with E-state index in [0.29, 0.717) is 55.0 Å². The minimum atomic E-state index is -0.179. The zero-order valence-electron chi connectivity index (χ0n) is 18.2. The van der Waals surface area contributed by atoms with Crippen molar-refractivity contribution in [2.75, 3.05) is 32.1 Å². The summed E-state index contributed by atoms with van der Waals surface area (Å²) >= 11 is 0. The summed E-state index contributed by atoms with van der Waals surface area (Å²) in [5, 5.41) is 5.73. The summed E-state index contributed by atoms with van der Waals surface area (Å²) in [6.07, 6.45) is 1.19. The molecule has 2 aromatic carbocycles. The predicted octanol–water partition coefficient (Wildman–Crippen LogP) is 3.24. The third kappa shape index (κ3) is 5.42. The van der Waals surface area contributed by atoms with Gasteiger partial charge in [-0.25, -0.2) is 0 Å². The molecule has 3 amide bonds. The Morgan fingerprint density at radius 3 is 2.48 bits per heavy atom. The number of piperidine rings is 1. The molecule has 0 spiro atoms. The molecule has 1 aliphatic heterocycles. The van der Waals surface area contributed by atoms with Gasteiger partial charge in [-0.2, -0.15) is 0 Å². The van der Waals surface area contributed by atoms with Gasteiger partial charge in [0.15, 0.2) is 0 Å². The van der Waals surface area contributed by atoms with E-state index in [2.05, 4.69) is 10.6 Å². The number of aryl methyl sites for hydroxylation is 1. The van der Waals surface area contributed by atoms with Gasteiger partial charge >= 0.3 is 0 Å². The normalized spacial score (nSPS) is 14.1. The molecule has 164 valence electrons. The van der Waals surface area contributed by atoms with E-state index < -0.39 is 0 Å². The Morgan fingerprint density at radius 1 is 1.06 bits per heavy atom. The molecular formula is C24H29N3O4. The summed E-state index contributed by atoms with van der Waals surface area (Å²) in [6, 6.07) is 12.4. The van der Waals surface area contributed by atoms with Crippen LogP contribution in [0.3, 0.4) is 0 Å². The minimum Gasteiger partial charge on any atom is -0.497 e. The van der Waals surface area contributed by atoms with E-state index in [1.165, 1.54) is 0 Å². The molecule has 0 aromatic heterocycles. The average molecular weight is 424 g/mol. The molecule has 0 aliphatic carbocycles. The van der Waals surface area contributed by atoms with Crippen molar-refractivity contribution in [2.45, 2.75) is 26.7 Å². The summed E-state index contributed by atoms with van der Waals surface area (Å²) in [5.41, 5.74) is 2.64. The molecule has 0 saturated carbocycles. The number of methoxy groups -OCH3 is 1. The summed E-state index contributed by atoms with van der Waals surface area (Å²) in [7, 11) is 1.57. The third-order valence-electron chi connectivity index (χ3n) is 5.56. The second kappa shape index (κ2) is 10.1. The maximum Gasteiger partial charge on any atom is 0.253 e. The highest BCUT2D eigenvalue weighted by Gasteiger charge is 2.28. The van der Waals surface area contributed by atoms with Crippen molar-refractivity contribution in [2.24, 2.45) is 5.92 Å². The maximum atomic E-state index is 12.8. The topological polar surface area (TPSA) is 87.7 Å². The molecule has 1 saturated heterocycles. The van der Waals surface area contributed by atoms with E-state index in [9.17, 15) is 14.4 Å². The number of carbonyl (C=O) groups is 3. The van der Waals surface area contributed by atoms with Crippen LogP contribution in [0, 0.1) is 12.8 Å². The van der Waals surface area contributed by atoms with Gasteiger partial charge in [-0.15, -0.1) is 0 Å². The average Bonchev–Trinajstić information content (AvgIpc) is 2.80. The highest BCUT2D eigenvalue weighted by molar-refractivity contribution is 5.98. The first kappa shape index (κ1) is 22.3. The fourth-order valence-electron chi connectivity index (χ4n) is 3.68. The Bertz CT molecular complexity index is 965. The zero-order valence-corrected chi connectivity index (χ0v) is 18.2. The quantitative estimate of drug-likeness (QED) is 0.747. The van der Waals surface area contributed by atoms with Crippen molar-refractivity contribution in [3.05, 3.63) is 59.2 Å². The fourth-order valence-corrected chi connectivity index (χ4v) is 3.68. The van der Waals surface area contributed by atoms with Crippen LogP contribution in [0.15, 0.2) is 42.5 Å². The van der Waals surface area contributed by atoms with Crippen LogP contribution >= 0.6 is 0 Å². The van der Waals surface area contributed by atoms with Gasteiger partial charge in [-0.1, -0.05) is 12.1 Å². The summed E-state index contributed by atoms with van der Waals surface area (Å²) in [5.74, 6) is 0.169. The molecule has 1 heterocycles. The minimum absolute atomic E-state index is 0.0526. The first-order chi connectivity index (χ1) is 14.9. The fraction of sp³-hybridized carbons (Fsp3) is 0.375. The van der Waals surface area contributed by atoms with Gasteiger partial charge < -0.3 is 20.3 Å². The van der Waals surface area contributed by atoms with Crippen molar-refractivity contribution in [3.8, 4) is 5.75 Å². The number of ether oxygens (including phenoxy) is 1. The summed E-state index contributed by atoms with van der Waals surface area (Å²) in [4.78, 5) is 39.5. The van der Waals surface area contributed by atoms with Crippen LogP contribution in [-0.2, 0) is 4.79 Å². The molecule has 0 bridgehead atoms. The molecule has 0 unspecified atom stereocenters. The van der Waals surface area contributed by atoms with E-state index >= 15 is 0 Å². The number of likely N-dealkylation sites (tertiary alicyclic amines) is 1. The maximum absolute atomic E-state index is 12.8. The number of anilines is 1. The summed E-state index contributed by atoms with van der Waals surface area (Å²) in [6.45, 7) is 5.34. The summed E-state index contributed by atoms with van der Waals surface area (Å²) < 4.78 is 5.20. The standard InChI is InChI=1S/C24H29N3O4/c1-4-25-22(28)18-9-8-16(2)21(15-18)26-23(29)17-10-12-27(13-11-17)24(30)19-6-5-7-20(14-19)31-3/h5-9,14-15,17H,4,10-13H2,1-3H3,(H,25,28)(H,26,29). The second-order valence-electron chi connectivity index (χ2n) is 7.68. The van der Waals surface area contributed by atoms with Gasteiger partial charge in [0.2, 0.25) is 5.91 Å². The van der Waals surface area contributed by atoms with E-state index in [1.54, 1.807) is 48.4 Å². The molecule has 7 nitrogen and oxygen atoms in total. The SMILES string of the molecule is CCNC(=O)c1ccc(C)c(NC(=O)C2CCN(C(=O)c3cccc(OC)c3)CC2)c1. The van der Waals surface area contributed by atoms with Crippen LogP contribution in [0.2, 0.25) is 0 Å². The zero-order chi connectivity index (χ0) is 22.4. The van der Waals surface area contributed by atoms with Crippen molar-refractivity contribution in [1.29, 1.82) is 0 Å². The smallest absolute Gasteiger partial charge is 0.253 e. The number of nitrogens with one attached hydrogen (secondary N) is 2. The first-order valence-electron chi connectivity index (χ1n) is 10.6. The van der Waals surface area contributed by atoms with Gasteiger partial charge in [-0.3, -0.25) is 14.4 Å². The largest absolute Gasteiger partial charge is 0.497 e. The number of carbonyl (C=O) groups excluding carboxylic acids is 3. The van der Waals surface area contributed by atoms with E-state index in [0.717, 1.165) is 5.56 Å². The molecule has 3 rings (SSSR count). The number of nitrogens with zero attached hydrogens (tertiary/aromatic N) is 1. The van der Waals surface area contributed by atoms with Crippen molar-refractivity contribution in [3.63, 3.8) is 0 Å². The van der Waals surface area contributed by atoms with E-state index in [1.807, 2.05) is 19.9 Å². The van der Waals surface area contributed by atoms with Gasteiger partial charge in [0.25, 0.3) is 11.8 Å². The third-order valence-corrected chi connectivity index (χ3v) is 5.56. The molecule has 2 N–H and O–H groups in total. The van der Waals surface area contributed by atoms with Crippen molar-refractivity contribution >= 4 is 23.4 Å². The van der Waals surface area contributed by atoms with Crippen LogP contribution in [0.25, 0.3) is 0 Å². The Morgan fingerprint density at radius 2 is 1.81 bits per heavy atom. The number of rotatable bonds is 6. The molecule has 7 heteroatoms. The first-order valence-corrected chi connectivity index (χ1v) is 10.6. The van der Waals surface area contributed by atoms with Gasteiger partial charge in [0, 0.05) is 42.4 Å². The Balaban J connectivity index is 1.60. The van der Waals surface area contributed by atoms with Crippen molar-refractivity contribution in [1.82, 2.24) is 10.2 Å². The van der Waals surface area contributed by atoms with Crippen LogP contribution in [0.4, 0.5) is 5.69 Å². The molecule has 1 fully saturated rings. The lowest BCUT2D eigenvalue weighted by Gasteiger charge is -2.31. The molecule has 0 atom stereocenters. The Hall–Kier alpha value is -3.35. The number of amides is 3. The highest BCUT2D eigenvalue weighted by Crippen LogP contribution is 2.24. The van der Waals surface area contributed by atoms with Crippen LogP contribution in [0.1, 0.15) is 46.0 Å². The van der Waals surface area contributed by atoms with E-state index in [-0.39, 0.29) is 23.6 Å². The molecule has 1 aliphatic rings. The number of hydrogen-bond acceptors (Lipinski definition) is 4. The molecular weight excluding hydrogens is 394 g/mol. The van der Waals surface area contributed by atoms with Gasteiger partial charge in [-0.05, 0) is 62.6 Å². The van der Waals surface area contributed by atoms with Crippen molar-refractivity contribution < 1.29 is 19.1 Å². The highest BCUT2D eigenvalue weighted by atomic mass is 16.5. The lowest BCUT2D eigenvalue weighted by molar-refractivity contribution is -0.121. The monoisotopic (exact) mass is 423 g/mol. The Kier molecular flexibility index (Phi) is 7.28. The second-order valence-corrected chi connectivity index (χ2v) is 7.68. The van der Waals surface area contributed by atoms with Crippen LogP contribution in [-0.4, -0.2) is 49.4 Å². The molecule has 0 radical (unpaired) electrons. The predicted molar refractivity (Wildman–Crippen MR) is 119 cm³/mol. The van der Waals surface area contributed by atoms with E-state index in [4.69, 9.17) is 4.74 Å². The lowest BCUT2D eigenvalue weighted by atomic mass is 9.95.